The summed E-state index contributed by atoms with van der Waals surface area (Å²) in [4.78, 5) is 25.4. The number of carbonyl (C=O) groups excluding carboxylic acids is 2. The van der Waals surface area contributed by atoms with Crippen molar-refractivity contribution < 1.29 is 14.8 Å². The van der Waals surface area contributed by atoms with Crippen LogP contribution in [0.15, 0.2) is 46.9 Å². The molecule has 2 aromatic carbocycles. The molecule has 7 heteroatoms. The summed E-state index contributed by atoms with van der Waals surface area (Å²) in [5.74, 6) is -0.548. The van der Waals surface area contributed by atoms with Crippen LogP contribution in [0, 0.1) is 0 Å². The largest absolute Gasteiger partial charge is 0.365 e. The molecule has 2 amide bonds. The van der Waals surface area contributed by atoms with Crippen LogP contribution in [0.3, 0.4) is 0 Å². The number of hydrogen-bond donors (Lipinski definition) is 3. The van der Waals surface area contributed by atoms with Crippen molar-refractivity contribution in [2.24, 2.45) is 0 Å². The van der Waals surface area contributed by atoms with Gasteiger partial charge < -0.3 is 10.2 Å². The number of fused-ring (bicyclic) bond motifs is 1. The maximum absolute atomic E-state index is 11.9. The van der Waals surface area contributed by atoms with Gasteiger partial charge in [0.15, 0.2) is 0 Å². The zero-order valence-corrected chi connectivity index (χ0v) is 14.3. The Morgan fingerprint density at radius 2 is 2.00 bits per heavy atom. The van der Waals surface area contributed by atoms with Crippen molar-refractivity contribution in [3.05, 3.63) is 58.1 Å². The van der Waals surface area contributed by atoms with Crippen LogP contribution in [0.1, 0.15) is 22.3 Å². The number of halogens is 1. The van der Waals surface area contributed by atoms with E-state index < -0.39 is 5.91 Å². The van der Waals surface area contributed by atoms with Crippen LogP contribution < -0.4 is 15.7 Å². The first-order valence-corrected chi connectivity index (χ1v) is 8.24. The number of hydroxylamine groups is 1. The van der Waals surface area contributed by atoms with Gasteiger partial charge in [-0.25, -0.2) is 5.48 Å². The molecule has 0 fully saturated rings. The minimum Gasteiger partial charge on any atom is -0.365 e. The summed E-state index contributed by atoms with van der Waals surface area (Å²) in [5.41, 5.74) is 4.75. The quantitative estimate of drug-likeness (QED) is 0.556. The number of benzene rings is 2. The van der Waals surface area contributed by atoms with E-state index in [9.17, 15) is 9.59 Å². The summed E-state index contributed by atoms with van der Waals surface area (Å²) in [5, 5.41) is 11.6. The van der Waals surface area contributed by atoms with Gasteiger partial charge in [0.25, 0.3) is 5.91 Å². The number of amides is 2. The van der Waals surface area contributed by atoms with Crippen LogP contribution in [-0.2, 0) is 11.3 Å². The summed E-state index contributed by atoms with van der Waals surface area (Å²) < 4.78 is 0.905. The molecule has 0 bridgehead atoms. The average molecular weight is 390 g/mol. The van der Waals surface area contributed by atoms with E-state index >= 15 is 0 Å². The molecule has 6 nitrogen and oxygen atoms in total. The van der Waals surface area contributed by atoms with Gasteiger partial charge in [-0.3, -0.25) is 14.8 Å². The number of nitrogens with one attached hydrogen (secondary N) is 2. The van der Waals surface area contributed by atoms with Gasteiger partial charge in [-0.2, -0.15) is 0 Å². The van der Waals surface area contributed by atoms with E-state index in [2.05, 4.69) is 26.1 Å². The molecule has 0 spiro atoms. The van der Waals surface area contributed by atoms with Crippen molar-refractivity contribution in [2.45, 2.75) is 13.0 Å². The van der Waals surface area contributed by atoms with Crippen molar-refractivity contribution in [1.29, 1.82) is 0 Å². The van der Waals surface area contributed by atoms with Gasteiger partial charge in [0.05, 0.1) is 11.4 Å². The second-order valence-electron chi connectivity index (χ2n) is 5.52. The highest BCUT2D eigenvalue weighted by atomic mass is 79.9. The van der Waals surface area contributed by atoms with E-state index in [1.165, 1.54) is 0 Å². The zero-order valence-electron chi connectivity index (χ0n) is 12.8. The first kappa shape index (κ1) is 16.5. The van der Waals surface area contributed by atoms with Crippen LogP contribution in [-0.4, -0.2) is 23.6 Å². The van der Waals surface area contributed by atoms with Crippen molar-refractivity contribution in [2.75, 3.05) is 16.8 Å². The number of anilines is 2. The van der Waals surface area contributed by atoms with E-state index in [0.29, 0.717) is 25.1 Å². The SMILES string of the molecule is O=C1CCN(Cc2ccc(C(=O)NO)cc2)c2ccc(Br)cc2N1. The monoisotopic (exact) mass is 389 g/mol. The fraction of sp³-hybridized carbons (Fsp3) is 0.176. The molecule has 0 aromatic heterocycles. The van der Waals surface area contributed by atoms with Crippen LogP contribution >= 0.6 is 15.9 Å². The highest BCUT2D eigenvalue weighted by Gasteiger charge is 2.19. The van der Waals surface area contributed by atoms with E-state index in [-0.39, 0.29) is 5.91 Å². The molecule has 0 radical (unpaired) electrons. The Labute approximate surface area is 147 Å². The van der Waals surface area contributed by atoms with Gasteiger partial charge in [-0.1, -0.05) is 28.1 Å². The first-order valence-electron chi connectivity index (χ1n) is 7.44. The summed E-state index contributed by atoms with van der Waals surface area (Å²) >= 11 is 3.42. The van der Waals surface area contributed by atoms with Crippen LogP contribution in [0.25, 0.3) is 0 Å². The molecule has 24 heavy (non-hydrogen) atoms. The third-order valence-corrected chi connectivity index (χ3v) is 4.37. The lowest BCUT2D eigenvalue weighted by Crippen LogP contribution is -2.24. The molecule has 0 saturated heterocycles. The number of hydrogen-bond acceptors (Lipinski definition) is 4. The zero-order chi connectivity index (χ0) is 17.1. The lowest BCUT2D eigenvalue weighted by molar-refractivity contribution is -0.115. The van der Waals surface area contributed by atoms with Gasteiger partial charge in [0.1, 0.15) is 0 Å². The maximum Gasteiger partial charge on any atom is 0.274 e. The molecule has 0 atom stereocenters. The van der Waals surface area contributed by atoms with Gasteiger partial charge in [0.2, 0.25) is 5.91 Å². The van der Waals surface area contributed by atoms with E-state index in [1.54, 1.807) is 17.6 Å². The highest BCUT2D eigenvalue weighted by molar-refractivity contribution is 9.10. The van der Waals surface area contributed by atoms with Crippen LogP contribution in [0.4, 0.5) is 11.4 Å². The normalized spacial score (nSPS) is 13.8. The van der Waals surface area contributed by atoms with E-state index in [0.717, 1.165) is 21.4 Å². The molecule has 2 aromatic rings. The summed E-state index contributed by atoms with van der Waals surface area (Å²) in [6.45, 7) is 1.23. The second kappa shape index (κ2) is 7.02. The third-order valence-electron chi connectivity index (χ3n) is 3.87. The van der Waals surface area contributed by atoms with Crippen molar-refractivity contribution >= 4 is 39.1 Å². The highest BCUT2D eigenvalue weighted by Crippen LogP contribution is 2.32. The maximum atomic E-state index is 11.9. The molecule has 3 N–H and O–H groups in total. The average Bonchev–Trinajstić information content (AvgIpc) is 2.73. The van der Waals surface area contributed by atoms with Crippen LogP contribution in [0.2, 0.25) is 0 Å². The van der Waals surface area contributed by atoms with Gasteiger partial charge in [0, 0.05) is 29.5 Å². The van der Waals surface area contributed by atoms with Gasteiger partial charge in [-0.05, 0) is 35.9 Å². The lowest BCUT2D eigenvalue weighted by Gasteiger charge is -2.24. The molecule has 0 saturated carbocycles. The Bertz CT molecular complexity index is 777. The first-order chi connectivity index (χ1) is 11.6. The predicted octanol–water partition coefficient (Wildman–Crippen LogP) is 2.92. The standard InChI is InChI=1S/C17H16BrN3O3/c18-13-5-6-15-14(9-13)19-16(22)7-8-21(15)10-11-1-3-12(4-2-11)17(23)20-24/h1-6,9,24H,7-8,10H2,(H,19,22)(H,20,23). The topological polar surface area (TPSA) is 81.7 Å². The molecule has 1 aliphatic rings. The van der Waals surface area contributed by atoms with Crippen molar-refractivity contribution in [3.8, 4) is 0 Å². The number of rotatable bonds is 3. The summed E-state index contributed by atoms with van der Waals surface area (Å²) in [7, 11) is 0. The lowest BCUT2D eigenvalue weighted by atomic mass is 10.1. The Morgan fingerprint density at radius 3 is 2.71 bits per heavy atom. The smallest absolute Gasteiger partial charge is 0.274 e. The van der Waals surface area contributed by atoms with E-state index in [4.69, 9.17) is 5.21 Å². The molecule has 1 heterocycles. The van der Waals surface area contributed by atoms with Crippen molar-refractivity contribution in [1.82, 2.24) is 5.48 Å². The van der Waals surface area contributed by atoms with Crippen LogP contribution in [0.5, 0.6) is 0 Å². The van der Waals surface area contributed by atoms with Gasteiger partial charge in [-0.15, -0.1) is 0 Å². The molecule has 0 aliphatic carbocycles. The fourth-order valence-electron chi connectivity index (χ4n) is 2.66. The van der Waals surface area contributed by atoms with E-state index in [1.807, 2.05) is 30.3 Å². The second-order valence-corrected chi connectivity index (χ2v) is 6.43. The Hall–Kier alpha value is -2.38. The fourth-order valence-corrected chi connectivity index (χ4v) is 3.03. The van der Waals surface area contributed by atoms with Gasteiger partial charge >= 0.3 is 0 Å². The Balaban J connectivity index is 1.84. The number of nitrogens with zero attached hydrogens (tertiary/aromatic N) is 1. The molecular weight excluding hydrogens is 374 g/mol. The molecule has 3 rings (SSSR count). The Kier molecular flexibility index (Phi) is 4.82. The third kappa shape index (κ3) is 3.58. The molecule has 0 unspecified atom stereocenters. The number of carbonyl (C=O) groups is 2. The molecular formula is C17H16BrN3O3. The van der Waals surface area contributed by atoms with Crippen molar-refractivity contribution in [3.63, 3.8) is 0 Å². The Morgan fingerprint density at radius 1 is 1.25 bits per heavy atom. The molecule has 124 valence electrons. The summed E-state index contributed by atoms with van der Waals surface area (Å²) in [6, 6.07) is 12.8. The minimum absolute atomic E-state index is 0.00758. The predicted molar refractivity (Wildman–Crippen MR) is 94.1 cm³/mol. The summed E-state index contributed by atoms with van der Waals surface area (Å²) in [6.07, 6.45) is 0.414. The minimum atomic E-state index is -0.540. The molecule has 1 aliphatic heterocycles.